The van der Waals surface area contributed by atoms with Crippen molar-refractivity contribution in [2.75, 3.05) is 0 Å². The number of benzene rings is 1. The highest BCUT2D eigenvalue weighted by Gasteiger charge is 2.15. The van der Waals surface area contributed by atoms with Gasteiger partial charge in [0.25, 0.3) is 0 Å². The van der Waals surface area contributed by atoms with Crippen LogP contribution in [0.4, 0.5) is 0 Å². The van der Waals surface area contributed by atoms with E-state index in [1.807, 2.05) is 30.3 Å². The Balaban J connectivity index is 2.69. The van der Waals surface area contributed by atoms with Crippen LogP contribution in [0.5, 0.6) is 0 Å². The first-order valence-corrected chi connectivity index (χ1v) is 9.12. The normalized spacial score (nSPS) is 17.3. The Kier molecular flexibility index (Phi) is 4.88. The summed E-state index contributed by atoms with van der Waals surface area (Å²) in [5.41, 5.74) is 0.886. The van der Waals surface area contributed by atoms with E-state index in [2.05, 4.69) is 11.8 Å². The number of hydrogen-bond acceptors (Lipinski definition) is 3. The molecule has 0 bridgehead atoms. The first-order chi connectivity index (χ1) is 6.49. The first kappa shape index (κ1) is 12.5. The van der Waals surface area contributed by atoms with Gasteiger partial charge in [-0.05, 0) is 29.2 Å². The molecule has 1 rings (SSSR count). The lowest BCUT2D eigenvalue weighted by Gasteiger charge is -2.14. The van der Waals surface area contributed by atoms with Crippen LogP contribution in [-0.2, 0) is 34.1 Å². The molecule has 2 unspecified atom stereocenters. The third kappa shape index (κ3) is 4.76. The molecule has 0 aromatic heterocycles. The zero-order valence-electron chi connectivity index (χ0n) is 7.16. The average Bonchev–Trinajstić information content (AvgIpc) is 2.02. The summed E-state index contributed by atoms with van der Waals surface area (Å²) in [5, 5.41) is 0. The molecule has 3 nitrogen and oxygen atoms in total. The van der Waals surface area contributed by atoms with Gasteiger partial charge in [-0.1, -0.05) is 30.3 Å². The van der Waals surface area contributed by atoms with E-state index in [-0.39, 0.29) is 6.16 Å². The van der Waals surface area contributed by atoms with Crippen molar-refractivity contribution in [2.24, 2.45) is 0 Å². The molecular weight excluding hydrogens is 258 g/mol. The summed E-state index contributed by atoms with van der Waals surface area (Å²) in [6.45, 7) is -2.95. The molecule has 0 spiro atoms. The van der Waals surface area contributed by atoms with Crippen LogP contribution in [0.2, 0.25) is 0 Å². The fraction of sp³-hybridized carbons (Fsp3) is 0.143. The molecular formula is C7H10O3P2S2. The van der Waals surface area contributed by atoms with Crippen LogP contribution in [-0.4, -0.2) is 9.79 Å². The minimum Gasteiger partial charge on any atom is -0.347 e. The van der Waals surface area contributed by atoms with E-state index in [1.165, 1.54) is 0 Å². The summed E-state index contributed by atoms with van der Waals surface area (Å²) in [7, 11) is -2.33. The smallest absolute Gasteiger partial charge is 0.196 e. The predicted molar refractivity (Wildman–Crippen MR) is 65.6 cm³/mol. The lowest BCUT2D eigenvalue weighted by Crippen LogP contribution is -1.87. The summed E-state index contributed by atoms with van der Waals surface area (Å²) in [6.07, 6.45) is 0.245. The topological polar surface area (TPSA) is 49.7 Å². The summed E-state index contributed by atoms with van der Waals surface area (Å²) < 4.78 is 4.80. The quantitative estimate of drug-likeness (QED) is 0.818. The van der Waals surface area contributed by atoms with Crippen molar-refractivity contribution in [3.63, 3.8) is 0 Å². The van der Waals surface area contributed by atoms with Gasteiger partial charge in [0.1, 0.15) is 0 Å². The third-order valence-electron chi connectivity index (χ3n) is 1.45. The van der Waals surface area contributed by atoms with Gasteiger partial charge in [0.15, 0.2) is 13.6 Å². The number of rotatable bonds is 4. The molecule has 2 atom stereocenters. The highest BCUT2D eigenvalue weighted by Crippen LogP contribution is 2.52. The Morgan fingerprint density at radius 1 is 1.36 bits per heavy atom. The molecule has 0 amide bonds. The molecule has 1 aromatic carbocycles. The molecule has 0 fully saturated rings. The van der Waals surface area contributed by atoms with Gasteiger partial charge < -0.3 is 9.79 Å². The Morgan fingerprint density at radius 2 is 1.93 bits per heavy atom. The van der Waals surface area contributed by atoms with Gasteiger partial charge in [-0.2, -0.15) is 0 Å². The maximum atomic E-state index is 9.64. The molecule has 7 heteroatoms. The van der Waals surface area contributed by atoms with Crippen LogP contribution in [0.1, 0.15) is 5.56 Å². The highest BCUT2D eigenvalue weighted by atomic mass is 32.5. The van der Waals surface area contributed by atoms with E-state index in [9.17, 15) is 4.89 Å². The van der Waals surface area contributed by atoms with E-state index in [0.717, 1.165) is 5.56 Å². The van der Waals surface area contributed by atoms with E-state index >= 15 is 0 Å². The molecule has 0 aliphatic rings. The summed E-state index contributed by atoms with van der Waals surface area (Å²) in [6, 6.07) is 9.26. The zero-order valence-corrected chi connectivity index (χ0v) is 10.7. The standard InChI is InChI=1S/C7H10O3P2S2/c8-11(13)10-12(9,14)6-7-4-2-1-3-5-7/h1-5,11H,6H2,(H,8,13)(H,9,14). The summed E-state index contributed by atoms with van der Waals surface area (Å²) in [4.78, 5) is 18.5. The second kappa shape index (κ2) is 5.47. The Hall–Kier alpha value is 0.400. The highest BCUT2D eigenvalue weighted by molar-refractivity contribution is 8.12. The van der Waals surface area contributed by atoms with E-state index in [1.54, 1.807) is 0 Å². The fourth-order valence-electron chi connectivity index (χ4n) is 0.968. The average molecular weight is 268 g/mol. The van der Waals surface area contributed by atoms with Crippen molar-refractivity contribution in [3.05, 3.63) is 35.9 Å². The largest absolute Gasteiger partial charge is 0.347 e. The maximum absolute atomic E-state index is 9.64. The first-order valence-electron chi connectivity index (χ1n) is 3.78. The SMILES string of the molecule is O[PH](=S)OP(O)(=S)Cc1ccccc1. The molecule has 0 saturated carbocycles. The minimum absolute atomic E-state index is 0.245. The molecule has 0 aliphatic carbocycles. The minimum atomic E-state index is -2.95. The van der Waals surface area contributed by atoms with Crippen molar-refractivity contribution >= 4 is 37.3 Å². The molecule has 0 heterocycles. The van der Waals surface area contributed by atoms with Gasteiger partial charge >= 0.3 is 0 Å². The van der Waals surface area contributed by atoms with Gasteiger partial charge in [-0.25, -0.2) is 0 Å². The number of hydrogen-bond donors (Lipinski definition) is 2. The molecule has 14 heavy (non-hydrogen) atoms. The molecule has 0 aliphatic heterocycles. The lowest BCUT2D eigenvalue weighted by molar-refractivity contribution is 0.469. The van der Waals surface area contributed by atoms with Gasteiger partial charge in [0.05, 0.1) is 0 Å². The Morgan fingerprint density at radius 3 is 2.43 bits per heavy atom. The second-order valence-corrected chi connectivity index (χ2v) is 8.25. The summed E-state index contributed by atoms with van der Waals surface area (Å²) >= 11 is 9.32. The molecule has 1 aromatic rings. The van der Waals surface area contributed by atoms with Crippen LogP contribution in [0.15, 0.2) is 30.3 Å². The zero-order chi connectivity index (χ0) is 10.6. The van der Waals surface area contributed by atoms with Crippen LogP contribution < -0.4 is 0 Å². The predicted octanol–water partition coefficient (Wildman–Crippen LogP) is 2.00. The van der Waals surface area contributed by atoms with Crippen LogP contribution in [0, 0.1) is 0 Å². The van der Waals surface area contributed by atoms with Crippen molar-refractivity contribution < 1.29 is 14.1 Å². The molecule has 0 radical (unpaired) electrons. The van der Waals surface area contributed by atoms with Gasteiger partial charge in [-0.3, -0.25) is 4.31 Å². The summed E-state index contributed by atoms with van der Waals surface area (Å²) in [5.74, 6) is 0. The lowest BCUT2D eigenvalue weighted by atomic mass is 10.2. The van der Waals surface area contributed by atoms with Crippen LogP contribution >= 0.6 is 13.6 Å². The van der Waals surface area contributed by atoms with Gasteiger partial charge in [-0.15, -0.1) is 0 Å². The molecule has 2 N–H and O–H groups in total. The third-order valence-corrected chi connectivity index (χ3v) is 5.71. The van der Waals surface area contributed by atoms with Crippen molar-refractivity contribution in [1.29, 1.82) is 0 Å². The van der Waals surface area contributed by atoms with Crippen LogP contribution in [0.3, 0.4) is 0 Å². The Labute approximate surface area is 93.5 Å². The van der Waals surface area contributed by atoms with Gasteiger partial charge in [0.2, 0.25) is 0 Å². The molecule has 78 valence electrons. The van der Waals surface area contributed by atoms with Crippen LogP contribution in [0.25, 0.3) is 0 Å². The van der Waals surface area contributed by atoms with E-state index < -0.39 is 13.6 Å². The monoisotopic (exact) mass is 268 g/mol. The maximum Gasteiger partial charge on any atom is 0.196 e. The van der Waals surface area contributed by atoms with Gasteiger partial charge in [0, 0.05) is 6.16 Å². The van der Waals surface area contributed by atoms with E-state index in [4.69, 9.17) is 21.0 Å². The van der Waals surface area contributed by atoms with E-state index in [0.29, 0.717) is 0 Å². The Bertz CT molecular complexity index is 368. The van der Waals surface area contributed by atoms with Crippen molar-refractivity contribution in [1.82, 2.24) is 0 Å². The fourth-order valence-corrected chi connectivity index (χ4v) is 5.49. The second-order valence-electron chi connectivity index (χ2n) is 2.64. The molecule has 0 saturated heterocycles. The van der Waals surface area contributed by atoms with Crippen molar-refractivity contribution in [2.45, 2.75) is 6.16 Å². The van der Waals surface area contributed by atoms with Crippen molar-refractivity contribution in [3.8, 4) is 0 Å².